The third-order valence-electron chi connectivity index (χ3n) is 4.35. The van der Waals surface area contributed by atoms with Gasteiger partial charge in [0.25, 0.3) is 0 Å². The van der Waals surface area contributed by atoms with Gasteiger partial charge in [0.05, 0.1) is 6.20 Å². The van der Waals surface area contributed by atoms with Gasteiger partial charge in [-0.25, -0.2) is 4.39 Å². The molecule has 0 spiro atoms. The molecule has 7 heteroatoms. The highest BCUT2D eigenvalue weighted by Gasteiger charge is 2.20. The molecule has 1 fully saturated rings. The van der Waals surface area contributed by atoms with Gasteiger partial charge >= 0.3 is 0 Å². The van der Waals surface area contributed by atoms with Crippen molar-refractivity contribution in [3.8, 4) is 0 Å². The van der Waals surface area contributed by atoms with Gasteiger partial charge in [-0.05, 0) is 36.4 Å². The molecule has 2 aromatic carbocycles. The number of para-hydroxylation sites is 1. The third-order valence-corrected chi connectivity index (χ3v) is 4.35. The topological polar surface area (TPSA) is 57.2 Å². The van der Waals surface area contributed by atoms with Gasteiger partial charge in [0, 0.05) is 37.6 Å². The minimum Gasteiger partial charge on any atom is -0.368 e. The van der Waals surface area contributed by atoms with Crippen molar-refractivity contribution in [1.82, 2.24) is 15.2 Å². The number of hydrogen-bond acceptors (Lipinski definition) is 6. The lowest BCUT2D eigenvalue weighted by Gasteiger charge is -2.35. The Morgan fingerprint density at radius 3 is 2.27 bits per heavy atom. The van der Waals surface area contributed by atoms with Crippen molar-refractivity contribution in [2.75, 3.05) is 41.3 Å². The number of halogens is 1. The molecule has 1 aliphatic heterocycles. The van der Waals surface area contributed by atoms with E-state index in [9.17, 15) is 4.39 Å². The summed E-state index contributed by atoms with van der Waals surface area (Å²) in [5.74, 6) is 1.07. The van der Waals surface area contributed by atoms with E-state index in [4.69, 9.17) is 0 Å². The number of piperazine rings is 1. The summed E-state index contributed by atoms with van der Waals surface area (Å²) in [7, 11) is 0. The number of nitrogens with zero attached hydrogens (tertiary/aromatic N) is 5. The molecule has 26 heavy (non-hydrogen) atoms. The van der Waals surface area contributed by atoms with Crippen LogP contribution in [0.25, 0.3) is 0 Å². The Kier molecular flexibility index (Phi) is 4.59. The Labute approximate surface area is 151 Å². The monoisotopic (exact) mass is 350 g/mol. The second-order valence-electron chi connectivity index (χ2n) is 6.08. The van der Waals surface area contributed by atoms with Crippen molar-refractivity contribution < 1.29 is 4.39 Å². The van der Waals surface area contributed by atoms with E-state index in [-0.39, 0.29) is 5.82 Å². The molecule has 1 aliphatic rings. The second kappa shape index (κ2) is 7.35. The Morgan fingerprint density at radius 1 is 0.846 bits per heavy atom. The van der Waals surface area contributed by atoms with Crippen LogP contribution in [-0.4, -0.2) is 41.4 Å². The molecule has 6 nitrogen and oxygen atoms in total. The number of rotatable bonds is 4. The molecule has 1 N–H and O–H groups in total. The minimum atomic E-state index is -0.213. The molecule has 2 heterocycles. The van der Waals surface area contributed by atoms with Crippen molar-refractivity contribution in [2.24, 2.45) is 0 Å². The number of benzene rings is 2. The summed E-state index contributed by atoms with van der Waals surface area (Å²) in [5.41, 5.74) is 1.99. The van der Waals surface area contributed by atoms with Gasteiger partial charge in [0.15, 0.2) is 5.82 Å². The lowest BCUT2D eigenvalue weighted by Crippen LogP contribution is -2.47. The van der Waals surface area contributed by atoms with Crippen LogP contribution in [0.1, 0.15) is 0 Å². The van der Waals surface area contributed by atoms with Gasteiger partial charge in [0.1, 0.15) is 5.82 Å². The zero-order chi connectivity index (χ0) is 17.8. The van der Waals surface area contributed by atoms with E-state index in [2.05, 4.69) is 30.3 Å². The van der Waals surface area contributed by atoms with Crippen LogP contribution < -0.4 is 15.1 Å². The summed E-state index contributed by atoms with van der Waals surface area (Å²) in [6.07, 6.45) is 1.62. The van der Waals surface area contributed by atoms with E-state index in [1.807, 2.05) is 42.5 Å². The van der Waals surface area contributed by atoms with Crippen molar-refractivity contribution in [2.45, 2.75) is 0 Å². The van der Waals surface area contributed by atoms with Crippen LogP contribution in [0.5, 0.6) is 0 Å². The molecule has 0 bridgehead atoms. The van der Waals surface area contributed by atoms with E-state index in [1.54, 1.807) is 6.20 Å². The van der Waals surface area contributed by atoms with Crippen LogP contribution in [0.3, 0.4) is 0 Å². The fourth-order valence-corrected chi connectivity index (χ4v) is 2.97. The first-order valence-electron chi connectivity index (χ1n) is 8.55. The maximum Gasteiger partial charge on any atom is 0.247 e. The fourth-order valence-electron chi connectivity index (χ4n) is 2.97. The summed E-state index contributed by atoms with van der Waals surface area (Å²) in [5, 5.41) is 11.5. The van der Waals surface area contributed by atoms with Gasteiger partial charge in [-0.3, -0.25) is 0 Å². The number of anilines is 4. The molecule has 0 amide bonds. The van der Waals surface area contributed by atoms with E-state index in [1.165, 1.54) is 12.1 Å². The Balaban J connectivity index is 1.41. The van der Waals surface area contributed by atoms with Gasteiger partial charge in [0.2, 0.25) is 5.95 Å². The Hall–Kier alpha value is -3.22. The Bertz CT molecular complexity index is 847. The first kappa shape index (κ1) is 16.3. The Morgan fingerprint density at radius 2 is 1.54 bits per heavy atom. The standard InChI is InChI=1S/C19H19FN6/c20-15-6-8-17(9-7-15)25-10-12-26(13-11-25)19-23-18(14-21-24-19)22-16-4-2-1-3-5-16/h1-9,14H,10-13H2,(H,22,23,24). The highest BCUT2D eigenvalue weighted by atomic mass is 19.1. The quantitative estimate of drug-likeness (QED) is 0.780. The number of hydrogen-bond donors (Lipinski definition) is 1. The zero-order valence-corrected chi connectivity index (χ0v) is 14.2. The van der Waals surface area contributed by atoms with Crippen molar-refractivity contribution >= 4 is 23.1 Å². The average Bonchev–Trinajstić information content (AvgIpc) is 2.70. The molecular formula is C19H19FN6. The third kappa shape index (κ3) is 3.72. The lowest BCUT2D eigenvalue weighted by molar-refractivity contribution is 0.622. The average molecular weight is 350 g/mol. The minimum absolute atomic E-state index is 0.213. The molecule has 0 atom stereocenters. The molecular weight excluding hydrogens is 331 g/mol. The molecule has 0 unspecified atom stereocenters. The molecule has 4 rings (SSSR count). The maximum absolute atomic E-state index is 13.1. The number of aromatic nitrogens is 3. The first-order chi connectivity index (χ1) is 12.8. The molecule has 132 valence electrons. The van der Waals surface area contributed by atoms with Crippen molar-refractivity contribution in [3.63, 3.8) is 0 Å². The maximum atomic E-state index is 13.1. The molecule has 3 aromatic rings. The largest absolute Gasteiger partial charge is 0.368 e. The molecule has 0 saturated carbocycles. The van der Waals surface area contributed by atoms with Crippen LogP contribution >= 0.6 is 0 Å². The van der Waals surface area contributed by atoms with Crippen LogP contribution in [0.4, 0.5) is 27.5 Å². The predicted octanol–water partition coefficient (Wildman–Crippen LogP) is 3.08. The van der Waals surface area contributed by atoms with E-state index >= 15 is 0 Å². The number of nitrogens with one attached hydrogen (secondary N) is 1. The van der Waals surface area contributed by atoms with E-state index in [0.29, 0.717) is 11.8 Å². The molecule has 0 aliphatic carbocycles. The summed E-state index contributed by atoms with van der Waals surface area (Å²) in [6.45, 7) is 3.22. The summed E-state index contributed by atoms with van der Waals surface area (Å²) in [6, 6.07) is 16.5. The second-order valence-corrected chi connectivity index (χ2v) is 6.08. The lowest BCUT2D eigenvalue weighted by atomic mass is 10.2. The van der Waals surface area contributed by atoms with Gasteiger partial charge < -0.3 is 15.1 Å². The van der Waals surface area contributed by atoms with Crippen LogP contribution in [-0.2, 0) is 0 Å². The van der Waals surface area contributed by atoms with Gasteiger partial charge in [-0.2, -0.15) is 10.1 Å². The van der Waals surface area contributed by atoms with Crippen LogP contribution in [0.15, 0.2) is 60.8 Å². The first-order valence-corrected chi connectivity index (χ1v) is 8.55. The smallest absolute Gasteiger partial charge is 0.247 e. The van der Waals surface area contributed by atoms with Crippen molar-refractivity contribution in [3.05, 3.63) is 66.6 Å². The highest BCUT2D eigenvalue weighted by Crippen LogP contribution is 2.20. The highest BCUT2D eigenvalue weighted by molar-refractivity contribution is 5.56. The van der Waals surface area contributed by atoms with E-state index in [0.717, 1.165) is 37.6 Å². The normalized spacial score (nSPS) is 14.3. The van der Waals surface area contributed by atoms with Crippen molar-refractivity contribution in [1.29, 1.82) is 0 Å². The van der Waals surface area contributed by atoms with Gasteiger partial charge in [-0.15, -0.1) is 5.10 Å². The molecule has 1 saturated heterocycles. The SMILES string of the molecule is Fc1ccc(N2CCN(c3nncc(Nc4ccccc4)n3)CC2)cc1. The fraction of sp³-hybridized carbons (Fsp3) is 0.211. The molecule has 0 radical (unpaired) electrons. The summed E-state index contributed by atoms with van der Waals surface area (Å²) < 4.78 is 13.1. The summed E-state index contributed by atoms with van der Waals surface area (Å²) >= 11 is 0. The zero-order valence-electron chi connectivity index (χ0n) is 14.2. The molecule has 1 aromatic heterocycles. The predicted molar refractivity (Wildman–Crippen MR) is 100 cm³/mol. The van der Waals surface area contributed by atoms with Gasteiger partial charge in [-0.1, -0.05) is 18.2 Å². The van der Waals surface area contributed by atoms with Crippen LogP contribution in [0, 0.1) is 5.82 Å². The summed E-state index contributed by atoms with van der Waals surface area (Å²) in [4.78, 5) is 8.92. The van der Waals surface area contributed by atoms with Crippen LogP contribution in [0.2, 0.25) is 0 Å². The van der Waals surface area contributed by atoms with E-state index < -0.39 is 0 Å².